The number of halogens is 1. The highest BCUT2D eigenvalue weighted by atomic mass is 19.1. The lowest BCUT2D eigenvalue weighted by Gasteiger charge is -2.40. The van der Waals surface area contributed by atoms with E-state index in [-0.39, 0.29) is 47.8 Å². The van der Waals surface area contributed by atoms with Gasteiger partial charge in [-0.1, -0.05) is 12.1 Å². The Kier molecular flexibility index (Phi) is 4.57. The minimum atomic E-state index is -0.720. The molecule has 2 N–H and O–H groups in total. The highest BCUT2D eigenvalue weighted by Crippen LogP contribution is 2.50. The zero-order valence-corrected chi connectivity index (χ0v) is 17.9. The van der Waals surface area contributed by atoms with Crippen LogP contribution >= 0.6 is 0 Å². The third-order valence-electron chi connectivity index (χ3n) is 8.15. The van der Waals surface area contributed by atoms with Crippen molar-refractivity contribution in [3.8, 4) is 6.07 Å². The van der Waals surface area contributed by atoms with Gasteiger partial charge in [0.2, 0.25) is 11.8 Å². The standard InChI is InChI=1S/C24H28FN5O2/c25-16-5-3-14(4-6-16)22(13-1-2-13)30-18-9-21(24(30)32)28(11-18)12-19(27)23(31)29-17(10-26)7-15-8-20(15)29/h3-6,13,15,17-22H,1-2,7-9,11-12,27H2/t15-,17+,18+,19+,20?,21+,22-/m1/s1. The molecule has 32 heavy (non-hydrogen) atoms. The van der Waals surface area contributed by atoms with Gasteiger partial charge in [-0.25, -0.2) is 4.39 Å². The number of nitrogens with zero attached hydrogens (tertiary/aromatic N) is 4. The molecule has 0 spiro atoms. The van der Waals surface area contributed by atoms with E-state index in [2.05, 4.69) is 11.0 Å². The Morgan fingerprint density at radius 1 is 1.22 bits per heavy atom. The monoisotopic (exact) mass is 437 g/mol. The number of likely N-dealkylation sites (tertiary alicyclic amines) is 3. The lowest BCUT2D eigenvalue weighted by molar-refractivity contribution is -0.142. The van der Waals surface area contributed by atoms with Crippen molar-refractivity contribution in [2.75, 3.05) is 13.1 Å². The number of carbonyl (C=O) groups is 2. The van der Waals surface area contributed by atoms with Gasteiger partial charge in [0.1, 0.15) is 11.9 Å². The van der Waals surface area contributed by atoms with Gasteiger partial charge in [0.15, 0.2) is 0 Å². The molecular formula is C24H28FN5O2. The van der Waals surface area contributed by atoms with Gasteiger partial charge in [-0.05, 0) is 61.6 Å². The number of hydrogen-bond donors (Lipinski definition) is 1. The molecule has 6 rings (SSSR count). The van der Waals surface area contributed by atoms with Gasteiger partial charge in [-0.15, -0.1) is 0 Å². The van der Waals surface area contributed by atoms with E-state index in [1.807, 2.05) is 4.90 Å². The van der Waals surface area contributed by atoms with Crippen molar-refractivity contribution in [1.29, 1.82) is 5.26 Å². The summed E-state index contributed by atoms with van der Waals surface area (Å²) in [6.07, 6.45) is 4.66. The average molecular weight is 438 g/mol. The molecule has 168 valence electrons. The topological polar surface area (TPSA) is 93.7 Å². The first-order valence-corrected chi connectivity index (χ1v) is 11.8. The molecule has 8 heteroatoms. The summed E-state index contributed by atoms with van der Waals surface area (Å²) in [5, 5.41) is 9.38. The fourth-order valence-electron chi connectivity index (χ4n) is 6.40. The number of piperazine rings is 1. The molecule has 2 amide bonds. The van der Waals surface area contributed by atoms with E-state index in [9.17, 15) is 19.2 Å². The van der Waals surface area contributed by atoms with E-state index in [1.54, 1.807) is 17.0 Å². The Hall–Kier alpha value is -2.50. The zero-order valence-electron chi connectivity index (χ0n) is 17.9. The lowest BCUT2D eigenvalue weighted by atomic mass is 9.99. The van der Waals surface area contributed by atoms with Crippen LogP contribution in [0.1, 0.15) is 43.7 Å². The summed E-state index contributed by atoms with van der Waals surface area (Å²) >= 11 is 0. The minimum Gasteiger partial charge on any atom is -0.330 e. The summed E-state index contributed by atoms with van der Waals surface area (Å²) in [4.78, 5) is 32.2. The van der Waals surface area contributed by atoms with Crippen molar-refractivity contribution in [3.05, 3.63) is 35.6 Å². The molecule has 2 saturated carbocycles. The van der Waals surface area contributed by atoms with Crippen LogP contribution in [0.3, 0.4) is 0 Å². The van der Waals surface area contributed by atoms with Crippen LogP contribution < -0.4 is 5.73 Å². The molecule has 1 aromatic rings. The number of amides is 2. The fraction of sp³-hybridized carbons (Fsp3) is 0.625. The van der Waals surface area contributed by atoms with Crippen molar-refractivity contribution in [3.63, 3.8) is 0 Å². The van der Waals surface area contributed by atoms with E-state index < -0.39 is 6.04 Å². The normalized spacial score (nSPS) is 35.0. The predicted molar refractivity (Wildman–Crippen MR) is 113 cm³/mol. The van der Waals surface area contributed by atoms with E-state index in [0.717, 1.165) is 37.7 Å². The van der Waals surface area contributed by atoms with E-state index in [0.29, 0.717) is 24.9 Å². The maximum absolute atomic E-state index is 13.4. The Bertz CT molecular complexity index is 989. The summed E-state index contributed by atoms with van der Waals surface area (Å²) in [7, 11) is 0. The highest BCUT2D eigenvalue weighted by Gasteiger charge is 2.57. The van der Waals surface area contributed by atoms with Crippen LogP contribution in [0.15, 0.2) is 24.3 Å². The smallest absolute Gasteiger partial charge is 0.242 e. The number of rotatable bonds is 6. The minimum absolute atomic E-state index is 0.00309. The number of nitrogens with two attached hydrogens (primary N) is 1. The molecule has 2 bridgehead atoms. The lowest BCUT2D eigenvalue weighted by Crippen LogP contribution is -2.57. The van der Waals surface area contributed by atoms with E-state index >= 15 is 0 Å². The second kappa shape index (κ2) is 7.26. The van der Waals surface area contributed by atoms with Crippen molar-refractivity contribution in [2.45, 2.75) is 68.4 Å². The van der Waals surface area contributed by atoms with Gasteiger partial charge in [0.25, 0.3) is 0 Å². The van der Waals surface area contributed by atoms with E-state index in [4.69, 9.17) is 5.73 Å². The first kappa shape index (κ1) is 20.1. The molecule has 3 saturated heterocycles. The Balaban J connectivity index is 1.14. The van der Waals surface area contributed by atoms with Gasteiger partial charge >= 0.3 is 0 Å². The maximum atomic E-state index is 13.4. The molecule has 1 aromatic carbocycles. The van der Waals surface area contributed by atoms with Gasteiger partial charge in [0.05, 0.1) is 24.2 Å². The largest absolute Gasteiger partial charge is 0.330 e. The molecule has 5 aliphatic rings. The third-order valence-corrected chi connectivity index (χ3v) is 8.15. The second-order valence-corrected chi connectivity index (χ2v) is 10.2. The molecule has 7 nitrogen and oxygen atoms in total. The second-order valence-electron chi connectivity index (χ2n) is 10.2. The summed E-state index contributed by atoms with van der Waals surface area (Å²) < 4.78 is 13.4. The number of piperidine rings is 1. The molecule has 1 unspecified atom stereocenters. The Labute approximate surface area is 186 Å². The van der Waals surface area contributed by atoms with E-state index in [1.165, 1.54) is 12.1 Å². The van der Waals surface area contributed by atoms with Crippen molar-refractivity contribution in [2.24, 2.45) is 17.6 Å². The van der Waals surface area contributed by atoms with Crippen LogP contribution in [-0.4, -0.2) is 69.8 Å². The average Bonchev–Trinajstić information content (AvgIpc) is 3.67. The molecule has 0 aromatic heterocycles. The van der Waals surface area contributed by atoms with Crippen LogP contribution in [-0.2, 0) is 9.59 Å². The SMILES string of the molecule is N#C[C@@H]1C[C@@H]2CC2N1C(=O)[C@@H](N)CN1C[C@@H]2C[C@H]1C(=O)N2[C@@H](c1ccc(F)cc1)C1CC1. The van der Waals surface area contributed by atoms with Crippen molar-refractivity contribution in [1.82, 2.24) is 14.7 Å². The molecular weight excluding hydrogens is 409 g/mol. The highest BCUT2D eigenvalue weighted by molar-refractivity contribution is 5.87. The number of benzene rings is 1. The van der Waals surface area contributed by atoms with Crippen molar-refractivity contribution >= 4 is 11.8 Å². The summed E-state index contributed by atoms with van der Waals surface area (Å²) in [6, 6.07) is 7.73. The fourth-order valence-corrected chi connectivity index (χ4v) is 6.40. The molecule has 7 atom stereocenters. The first-order valence-electron chi connectivity index (χ1n) is 11.8. The summed E-state index contributed by atoms with van der Waals surface area (Å²) in [5.74, 6) is 0.568. The van der Waals surface area contributed by atoms with Gasteiger partial charge in [-0.3, -0.25) is 14.5 Å². The van der Waals surface area contributed by atoms with Gasteiger partial charge < -0.3 is 15.5 Å². The number of nitriles is 1. The Morgan fingerprint density at radius 2 is 1.97 bits per heavy atom. The predicted octanol–water partition coefficient (Wildman–Crippen LogP) is 1.40. The number of fused-ring (bicyclic) bond motifs is 3. The van der Waals surface area contributed by atoms with Crippen molar-refractivity contribution < 1.29 is 14.0 Å². The molecule has 3 heterocycles. The zero-order chi connectivity index (χ0) is 22.1. The first-order chi connectivity index (χ1) is 15.5. The van der Waals surface area contributed by atoms with Crippen LogP contribution in [0.4, 0.5) is 4.39 Å². The van der Waals surface area contributed by atoms with Crippen LogP contribution in [0.25, 0.3) is 0 Å². The van der Waals surface area contributed by atoms with Gasteiger partial charge in [0, 0.05) is 25.2 Å². The van der Waals surface area contributed by atoms with Crippen LogP contribution in [0.2, 0.25) is 0 Å². The number of hydrogen-bond acceptors (Lipinski definition) is 5. The summed E-state index contributed by atoms with van der Waals surface area (Å²) in [5.41, 5.74) is 7.31. The summed E-state index contributed by atoms with van der Waals surface area (Å²) in [6.45, 7) is 1.05. The Morgan fingerprint density at radius 3 is 2.62 bits per heavy atom. The molecule has 3 aliphatic heterocycles. The van der Waals surface area contributed by atoms with Crippen LogP contribution in [0, 0.1) is 29.0 Å². The quantitative estimate of drug-likeness (QED) is 0.726. The number of carbonyl (C=O) groups excluding carboxylic acids is 2. The third kappa shape index (κ3) is 3.13. The van der Waals surface area contributed by atoms with Crippen LogP contribution in [0.5, 0.6) is 0 Å². The molecule has 0 radical (unpaired) electrons. The maximum Gasteiger partial charge on any atom is 0.242 e. The van der Waals surface area contributed by atoms with Gasteiger partial charge in [-0.2, -0.15) is 5.26 Å². The molecule has 2 aliphatic carbocycles. The molecule has 5 fully saturated rings.